The van der Waals surface area contributed by atoms with Crippen molar-refractivity contribution < 1.29 is 24.1 Å². The van der Waals surface area contributed by atoms with Crippen LogP contribution in [0, 0.1) is 0 Å². The number of aliphatic carboxylic acids is 1. The van der Waals surface area contributed by atoms with Gasteiger partial charge in [0.2, 0.25) is 0 Å². The van der Waals surface area contributed by atoms with Gasteiger partial charge in [-0.1, -0.05) is 37.6 Å². The second kappa shape index (κ2) is 9.88. The number of ether oxygens (including phenoxy) is 3. The minimum Gasteiger partial charge on any atom is -0.493 e. The van der Waals surface area contributed by atoms with Crippen molar-refractivity contribution in [1.29, 1.82) is 0 Å². The third-order valence-electron chi connectivity index (χ3n) is 3.82. The predicted molar refractivity (Wildman–Crippen MR) is 106 cm³/mol. The summed E-state index contributed by atoms with van der Waals surface area (Å²) in [5.41, 5.74) is 1.86. The van der Waals surface area contributed by atoms with Crippen LogP contribution in [0.4, 0.5) is 0 Å². The monoisotopic (exact) mass is 390 g/mol. The zero-order valence-electron chi connectivity index (χ0n) is 15.6. The molecule has 0 heterocycles. The molecule has 0 aliphatic carbocycles. The third kappa shape index (κ3) is 6.22. The van der Waals surface area contributed by atoms with Gasteiger partial charge in [0.05, 0.1) is 12.1 Å². The van der Waals surface area contributed by atoms with Crippen LogP contribution in [0.3, 0.4) is 0 Å². The van der Waals surface area contributed by atoms with E-state index in [2.05, 4.69) is 13.8 Å². The highest BCUT2D eigenvalue weighted by Gasteiger charge is 2.11. The molecule has 1 N–H and O–H groups in total. The van der Waals surface area contributed by atoms with Crippen molar-refractivity contribution in [3.63, 3.8) is 0 Å². The van der Waals surface area contributed by atoms with E-state index in [0.717, 1.165) is 11.8 Å². The van der Waals surface area contributed by atoms with Crippen LogP contribution in [0.15, 0.2) is 42.5 Å². The number of carboxylic acids is 1. The van der Waals surface area contributed by atoms with Crippen LogP contribution in [-0.2, 0) is 4.79 Å². The topological polar surface area (TPSA) is 65.0 Å². The molecule has 2 aromatic rings. The van der Waals surface area contributed by atoms with Crippen molar-refractivity contribution in [1.82, 2.24) is 0 Å². The standard InChI is InChI=1S/C21H23ClO5/c1-14(2)16-5-7-17(8-6-16)26-10-11-27-21-18(22)12-15(4-9-20(23)24)13-19(21)25-3/h4-9,12-14H,10-11H2,1-3H3,(H,23,24). The number of hydrogen-bond donors (Lipinski definition) is 1. The predicted octanol–water partition coefficient (Wildman–Crippen LogP) is 5.03. The van der Waals surface area contributed by atoms with E-state index in [1.165, 1.54) is 18.7 Å². The second-order valence-corrected chi connectivity index (χ2v) is 6.53. The van der Waals surface area contributed by atoms with Gasteiger partial charge in [-0.2, -0.15) is 0 Å². The maximum absolute atomic E-state index is 10.6. The molecular formula is C21H23ClO5. The van der Waals surface area contributed by atoms with E-state index in [-0.39, 0.29) is 6.61 Å². The van der Waals surface area contributed by atoms with Gasteiger partial charge in [0.1, 0.15) is 19.0 Å². The largest absolute Gasteiger partial charge is 0.493 e. The number of carbonyl (C=O) groups is 1. The zero-order valence-corrected chi connectivity index (χ0v) is 16.3. The summed E-state index contributed by atoms with van der Waals surface area (Å²) in [4.78, 5) is 10.6. The Morgan fingerprint density at radius 2 is 1.81 bits per heavy atom. The van der Waals surface area contributed by atoms with Crippen LogP contribution < -0.4 is 14.2 Å². The zero-order chi connectivity index (χ0) is 19.8. The quantitative estimate of drug-likeness (QED) is 0.480. The fourth-order valence-corrected chi connectivity index (χ4v) is 2.67. The molecule has 6 heteroatoms. The summed E-state index contributed by atoms with van der Waals surface area (Å²) in [5.74, 6) is 1.03. The lowest BCUT2D eigenvalue weighted by molar-refractivity contribution is -0.131. The van der Waals surface area contributed by atoms with Crippen molar-refractivity contribution >= 4 is 23.6 Å². The minimum atomic E-state index is -1.04. The molecule has 0 radical (unpaired) electrons. The van der Waals surface area contributed by atoms with E-state index in [0.29, 0.717) is 34.6 Å². The molecule has 0 saturated heterocycles. The van der Waals surface area contributed by atoms with Crippen LogP contribution in [0.25, 0.3) is 6.08 Å². The molecule has 2 rings (SSSR count). The first-order valence-electron chi connectivity index (χ1n) is 8.54. The molecular weight excluding hydrogens is 368 g/mol. The first kappa shape index (κ1) is 20.6. The Morgan fingerprint density at radius 3 is 2.41 bits per heavy atom. The molecule has 144 valence electrons. The molecule has 0 amide bonds. The highest BCUT2D eigenvalue weighted by molar-refractivity contribution is 6.32. The van der Waals surface area contributed by atoms with Gasteiger partial charge in [-0.25, -0.2) is 4.79 Å². The van der Waals surface area contributed by atoms with E-state index in [9.17, 15) is 4.79 Å². The molecule has 0 spiro atoms. The Kier molecular flexibility index (Phi) is 7.55. The number of carboxylic acid groups (broad SMARTS) is 1. The Balaban J connectivity index is 1.95. The summed E-state index contributed by atoms with van der Waals surface area (Å²) in [6.45, 7) is 4.92. The van der Waals surface area contributed by atoms with Gasteiger partial charge in [-0.15, -0.1) is 0 Å². The molecule has 0 fully saturated rings. The summed E-state index contributed by atoms with van der Waals surface area (Å²) < 4.78 is 16.7. The van der Waals surface area contributed by atoms with Crippen molar-refractivity contribution in [2.24, 2.45) is 0 Å². The summed E-state index contributed by atoms with van der Waals surface area (Å²) in [7, 11) is 1.50. The van der Waals surface area contributed by atoms with Gasteiger partial charge in [0.25, 0.3) is 0 Å². The SMILES string of the molecule is COc1cc(C=CC(=O)O)cc(Cl)c1OCCOc1ccc(C(C)C)cc1. The molecule has 0 aliphatic heterocycles. The molecule has 0 aromatic heterocycles. The smallest absolute Gasteiger partial charge is 0.328 e. The van der Waals surface area contributed by atoms with Gasteiger partial charge in [0, 0.05) is 6.08 Å². The van der Waals surface area contributed by atoms with Crippen molar-refractivity contribution in [3.05, 3.63) is 58.6 Å². The maximum atomic E-state index is 10.6. The Labute approximate surface area is 164 Å². The maximum Gasteiger partial charge on any atom is 0.328 e. The number of hydrogen-bond acceptors (Lipinski definition) is 4. The molecule has 27 heavy (non-hydrogen) atoms. The normalized spacial score (nSPS) is 11.0. The van der Waals surface area contributed by atoms with E-state index in [1.54, 1.807) is 12.1 Å². The first-order valence-corrected chi connectivity index (χ1v) is 8.92. The average molecular weight is 391 g/mol. The van der Waals surface area contributed by atoms with Crippen molar-refractivity contribution in [3.8, 4) is 17.2 Å². The lowest BCUT2D eigenvalue weighted by atomic mass is 10.0. The lowest BCUT2D eigenvalue weighted by Gasteiger charge is -2.14. The first-order chi connectivity index (χ1) is 12.9. The third-order valence-corrected chi connectivity index (χ3v) is 4.10. The van der Waals surface area contributed by atoms with E-state index >= 15 is 0 Å². The fraction of sp³-hybridized carbons (Fsp3) is 0.286. The molecule has 0 bridgehead atoms. The van der Waals surface area contributed by atoms with Gasteiger partial charge in [0.15, 0.2) is 11.5 Å². The van der Waals surface area contributed by atoms with Gasteiger partial charge in [-0.05, 0) is 47.4 Å². The van der Waals surface area contributed by atoms with Gasteiger partial charge >= 0.3 is 5.97 Å². The summed E-state index contributed by atoms with van der Waals surface area (Å²) in [6, 6.07) is 11.2. The molecule has 0 unspecified atom stereocenters. The molecule has 0 saturated carbocycles. The molecule has 0 atom stereocenters. The van der Waals surface area contributed by atoms with Crippen LogP contribution in [0.2, 0.25) is 5.02 Å². The fourth-order valence-electron chi connectivity index (χ4n) is 2.40. The number of rotatable bonds is 9. The van der Waals surface area contributed by atoms with Gasteiger partial charge in [-0.3, -0.25) is 0 Å². The Hall–Kier alpha value is -2.66. The lowest BCUT2D eigenvalue weighted by Crippen LogP contribution is -2.10. The number of halogens is 1. The van der Waals surface area contributed by atoms with Crippen molar-refractivity contribution in [2.45, 2.75) is 19.8 Å². The molecule has 0 aliphatic rings. The molecule has 5 nitrogen and oxygen atoms in total. The minimum absolute atomic E-state index is 0.284. The van der Waals surface area contributed by atoms with Crippen LogP contribution in [0.1, 0.15) is 30.9 Å². The number of methoxy groups -OCH3 is 1. The molecule has 2 aromatic carbocycles. The van der Waals surface area contributed by atoms with E-state index in [4.69, 9.17) is 30.9 Å². The highest BCUT2D eigenvalue weighted by atomic mass is 35.5. The van der Waals surface area contributed by atoms with Crippen LogP contribution in [-0.4, -0.2) is 31.4 Å². The van der Waals surface area contributed by atoms with Crippen LogP contribution >= 0.6 is 11.6 Å². The number of benzene rings is 2. The second-order valence-electron chi connectivity index (χ2n) is 6.13. The summed E-state index contributed by atoms with van der Waals surface area (Å²) >= 11 is 6.24. The highest BCUT2D eigenvalue weighted by Crippen LogP contribution is 2.36. The average Bonchev–Trinajstić information content (AvgIpc) is 2.64. The van der Waals surface area contributed by atoms with Gasteiger partial charge < -0.3 is 19.3 Å². The summed E-state index contributed by atoms with van der Waals surface area (Å²) in [5, 5.41) is 9.05. The van der Waals surface area contributed by atoms with E-state index in [1.807, 2.05) is 24.3 Å². The van der Waals surface area contributed by atoms with Crippen molar-refractivity contribution in [2.75, 3.05) is 20.3 Å². The van der Waals surface area contributed by atoms with Crippen LogP contribution in [0.5, 0.6) is 17.2 Å². The van der Waals surface area contributed by atoms with E-state index < -0.39 is 5.97 Å². The Bertz CT molecular complexity index is 797. The summed E-state index contributed by atoms with van der Waals surface area (Å²) in [6.07, 6.45) is 2.47. The Morgan fingerprint density at radius 1 is 1.15 bits per heavy atom.